The number of ketones is 1. The lowest BCUT2D eigenvalue weighted by Gasteiger charge is -2.36. The summed E-state index contributed by atoms with van der Waals surface area (Å²) in [6.45, 7) is 0. The van der Waals surface area contributed by atoms with Crippen molar-refractivity contribution < 1.29 is 54.0 Å². The van der Waals surface area contributed by atoms with E-state index in [1.165, 1.54) is 7.11 Å². The van der Waals surface area contributed by atoms with Gasteiger partial charge in [-0.3, -0.25) is 18.4 Å². The predicted molar refractivity (Wildman–Crippen MR) is 99.2 cm³/mol. The molecule has 176 valence electrons. The van der Waals surface area contributed by atoms with Gasteiger partial charge in [0.25, 0.3) is 5.60 Å². The maximum atomic E-state index is 14.5. The number of carbonyl (C=O) groups excluding carboxylic acids is 1. The van der Waals surface area contributed by atoms with E-state index in [1.807, 2.05) is 0 Å². The highest BCUT2D eigenvalue weighted by Crippen LogP contribution is 2.59. The van der Waals surface area contributed by atoms with Crippen LogP contribution in [0.5, 0.6) is 5.75 Å². The standard InChI is InChI=1S/C19H17F6O6P/c1-28-15-9-7-12(8-10-15)16(26)17(19(23,24)25,31-32(27,29-2)30-3)13-5-4-6-14(11-13)18(20,21)22/h4-11H,1-3H3. The van der Waals surface area contributed by atoms with Crippen molar-refractivity contribution in [2.45, 2.75) is 18.0 Å². The number of phosphoric acid groups is 1. The second kappa shape index (κ2) is 9.22. The van der Waals surface area contributed by atoms with Crippen LogP contribution in [0.25, 0.3) is 0 Å². The maximum absolute atomic E-state index is 14.5. The molecule has 0 heterocycles. The first-order chi connectivity index (χ1) is 14.7. The number of Topliss-reactive ketones (excluding diaryl/α,β-unsaturated/α-hetero) is 1. The van der Waals surface area contributed by atoms with Gasteiger partial charge in [0.2, 0.25) is 5.78 Å². The van der Waals surface area contributed by atoms with E-state index in [1.54, 1.807) is 0 Å². The minimum Gasteiger partial charge on any atom is -0.497 e. The first-order valence-corrected chi connectivity index (χ1v) is 10.1. The van der Waals surface area contributed by atoms with E-state index in [2.05, 4.69) is 13.6 Å². The molecule has 0 aliphatic heterocycles. The number of halogens is 6. The van der Waals surface area contributed by atoms with Crippen LogP contribution in [0.15, 0.2) is 48.5 Å². The second-order valence-electron chi connectivity index (χ2n) is 6.22. The second-order valence-corrected chi connectivity index (χ2v) is 8.03. The van der Waals surface area contributed by atoms with Crippen molar-refractivity contribution in [1.29, 1.82) is 0 Å². The third kappa shape index (κ3) is 4.98. The minimum atomic E-state index is -5.69. The summed E-state index contributed by atoms with van der Waals surface area (Å²) < 4.78 is 114. The van der Waals surface area contributed by atoms with Gasteiger partial charge in [-0.05, 0) is 36.4 Å². The van der Waals surface area contributed by atoms with Crippen LogP contribution in [0.1, 0.15) is 21.5 Å². The van der Waals surface area contributed by atoms with Gasteiger partial charge in [0.1, 0.15) is 5.75 Å². The Morgan fingerprint density at radius 1 is 0.844 bits per heavy atom. The normalized spacial score (nSPS) is 14.7. The topological polar surface area (TPSA) is 71.1 Å². The average molecular weight is 486 g/mol. The molecular formula is C19H17F6O6P. The Morgan fingerprint density at radius 3 is 1.81 bits per heavy atom. The Morgan fingerprint density at radius 2 is 1.38 bits per heavy atom. The smallest absolute Gasteiger partial charge is 0.475 e. The van der Waals surface area contributed by atoms with Gasteiger partial charge in [-0.1, -0.05) is 12.1 Å². The van der Waals surface area contributed by atoms with Crippen LogP contribution < -0.4 is 4.74 Å². The molecule has 2 aromatic rings. The molecular weight excluding hydrogens is 469 g/mol. The monoisotopic (exact) mass is 486 g/mol. The highest BCUT2D eigenvalue weighted by Gasteiger charge is 2.66. The molecule has 0 saturated heterocycles. The number of benzene rings is 2. The lowest BCUT2D eigenvalue weighted by Crippen LogP contribution is -2.51. The number of hydrogen-bond donors (Lipinski definition) is 0. The van der Waals surface area contributed by atoms with E-state index in [-0.39, 0.29) is 11.8 Å². The first kappa shape index (κ1) is 25.9. The number of carbonyl (C=O) groups is 1. The first-order valence-electron chi connectivity index (χ1n) is 8.59. The van der Waals surface area contributed by atoms with E-state index in [0.29, 0.717) is 32.4 Å². The summed E-state index contributed by atoms with van der Waals surface area (Å²) in [6.07, 6.45) is -10.7. The van der Waals surface area contributed by atoms with E-state index >= 15 is 0 Å². The van der Waals surface area contributed by atoms with Gasteiger partial charge in [0, 0.05) is 25.3 Å². The molecule has 6 nitrogen and oxygen atoms in total. The van der Waals surface area contributed by atoms with Gasteiger partial charge in [-0.25, -0.2) is 4.57 Å². The Labute approximate surface area is 178 Å². The molecule has 0 N–H and O–H groups in total. The summed E-state index contributed by atoms with van der Waals surface area (Å²) in [6, 6.07) is 6.07. The van der Waals surface area contributed by atoms with Crippen molar-refractivity contribution >= 4 is 13.6 Å². The molecule has 0 aliphatic carbocycles. The molecule has 0 aromatic heterocycles. The average Bonchev–Trinajstić information content (AvgIpc) is 2.75. The number of methoxy groups -OCH3 is 1. The molecule has 2 aromatic carbocycles. The number of phosphoric ester groups is 1. The number of rotatable bonds is 8. The Bertz CT molecular complexity index is 997. The number of alkyl halides is 6. The lowest BCUT2D eigenvalue weighted by atomic mass is 9.84. The fourth-order valence-corrected chi connectivity index (χ4v) is 3.67. The summed E-state index contributed by atoms with van der Waals surface area (Å²) in [4.78, 5) is 13.2. The van der Waals surface area contributed by atoms with Crippen LogP contribution >= 0.6 is 7.82 Å². The van der Waals surface area contributed by atoms with Crippen molar-refractivity contribution in [3.05, 3.63) is 65.2 Å². The van der Waals surface area contributed by atoms with Crippen LogP contribution in [0.3, 0.4) is 0 Å². The minimum absolute atomic E-state index is 0.0879. The van der Waals surface area contributed by atoms with Crippen LogP contribution in [-0.4, -0.2) is 33.3 Å². The summed E-state index contributed by atoms with van der Waals surface area (Å²) in [7, 11) is -2.40. The fraction of sp³-hybridized carbons (Fsp3) is 0.316. The molecule has 0 fully saturated rings. The molecule has 1 atom stereocenters. The van der Waals surface area contributed by atoms with Crippen LogP contribution in [0.4, 0.5) is 26.3 Å². The molecule has 0 bridgehead atoms. The third-order valence-corrected chi connectivity index (χ3v) is 5.76. The van der Waals surface area contributed by atoms with Crippen molar-refractivity contribution in [2.75, 3.05) is 21.3 Å². The Hall–Kier alpha value is -2.40. The number of ether oxygens (including phenoxy) is 1. The van der Waals surface area contributed by atoms with E-state index in [4.69, 9.17) is 4.74 Å². The summed E-state index contributed by atoms with van der Waals surface area (Å²) in [5.74, 6) is -1.65. The van der Waals surface area contributed by atoms with Crippen LogP contribution in [0.2, 0.25) is 0 Å². The van der Waals surface area contributed by atoms with Crippen molar-refractivity contribution in [3.63, 3.8) is 0 Å². The molecule has 0 spiro atoms. The molecule has 0 aliphatic rings. The summed E-state index contributed by atoms with van der Waals surface area (Å²) in [5, 5.41) is 0. The Kier molecular flexibility index (Phi) is 7.45. The molecule has 0 radical (unpaired) electrons. The molecule has 0 amide bonds. The third-order valence-electron chi connectivity index (χ3n) is 4.36. The summed E-state index contributed by atoms with van der Waals surface area (Å²) in [5.41, 5.74) is -7.53. The zero-order valence-corrected chi connectivity index (χ0v) is 17.7. The highest BCUT2D eigenvalue weighted by molar-refractivity contribution is 7.48. The van der Waals surface area contributed by atoms with Crippen molar-refractivity contribution in [3.8, 4) is 5.75 Å². The largest absolute Gasteiger partial charge is 0.497 e. The van der Waals surface area contributed by atoms with Gasteiger partial charge in [0.05, 0.1) is 12.7 Å². The maximum Gasteiger partial charge on any atom is 0.475 e. The predicted octanol–water partition coefficient (Wildman–Crippen LogP) is 5.77. The SMILES string of the molecule is COc1ccc(C(=O)C(OP(=O)(OC)OC)(c2cccc(C(F)(F)F)c2)C(F)(F)F)cc1. The number of hydrogen-bond acceptors (Lipinski definition) is 6. The highest BCUT2D eigenvalue weighted by atomic mass is 31.2. The van der Waals surface area contributed by atoms with Crippen molar-refractivity contribution in [2.24, 2.45) is 0 Å². The van der Waals surface area contributed by atoms with Gasteiger partial charge in [-0.15, -0.1) is 0 Å². The van der Waals surface area contributed by atoms with E-state index in [0.717, 1.165) is 24.3 Å². The zero-order chi connectivity index (χ0) is 24.4. The molecule has 1 unspecified atom stereocenters. The van der Waals surface area contributed by atoms with Gasteiger partial charge >= 0.3 is 20.2 Å². The van der Waals surface area contributed by atoms with Gasteiger partial charge in [-0.2, -0.15) is 26.3 Å². The van der Waals surface area contributed by atoms with E-state index in [9.17, 15) is 35.7 Å². The molecule has 13 heteroatoms. The Balaban J connectivity index is 2.87. The molecule has 32 heavy (non-hydrogen) atoms. The van der Waals surface area contributed by atoms with Crippen LogP contribution in [0, 0.1) is 0 Å². The zero-order valence-electron chi connectivity index (χ0n) is 16.8. The lowest BCUT2D eigenvalue weighted by molar-refractivity contribution is -0.237. The van der Waals surface area contributed by atoms with Gasteiger partial charge < -0.3 is 4.74 Å². The quantitative estimate of drug-likeness (QED) is 0.268. The van der Waals surface area contributed by atoms with Crippen LogP contribution in [-0.2, 0) is 29.9 Å². The van der Waals surface area contributed by atoms with Gasteiger partial charge in [0.15, 0.2) is 0 Å². The summed E-state index contributed by atoms with van der Waals surface area (Å²) >= 11 is 0. The van der Waals surface area contributed by atoms with E-state index < -0.39 is 48.2 Å². The molecule has 0 saturated carbocycles. The molecule has 2 rings (SSSR count). The fourth-order valence-electron chi connectivity index (χ4n) is 2.75. The van der Waals surface area contributed by atoms with Crippen molar-refractivity contribution in [1.82, 2.24) is 0 Å².